The molecule has 1 heterocycles. The van der Waals surface area contributed by atoms with Gasteiger partial charge in [0.2, 0.25) is 0 Å². The fourth-order valence-corrected chi connectivity index (χ4v) is 6.09. The van der Waals surface area contributed by atoms with Crippen molar-refractivity contribution in [3.05, 3.63) is 149 Å². The largest absolute Gasteiger partial charge is 0.321 e. The highest BCUT2D eigenvalue weighted by Crippen LogP contribution is 2.26. The smallest absolute Gasteiger partial charge is 0.272 e. The first-order valence-electron chi connectivity index (χ1n) is 14.5. The zero-order chi connectivity index (χ0) is 31.2. The molecule has 0 radical (unpaired) electrons. The molecular formula is C37H29N3O4S. The molecule has 2 N–H and O–H groups in total. The van der Waals surface area contributed by atoms with Crippen molar-refractivity contribution in [3.8, 4) is 0 Å². The molecule has 45 heavy (non-hydrogen) atoms. The summed E-state index contributed by atoms with van der Waals surface area (Å²) >= 11 is 1.57. The zero-order valence-corrected chi connectivity index (χ0v) is 25.1. The molecule has 0 aromatic heterocycles. The second-order valence-electron chi connectivity index (χ2n) is 10.4. The third-order valence-corrected chi connectivity index (χ3v) is 8.50. The summed E-state index contributed by atoms with van der Waals surface area (Å²) in [6, 6.07) is 36.7. The Balaban J connectivity index is 1.14. The topological polar surface area (TPSA) is 95.6 Å². The van der Waals surface area contributed by atoms with Crippen LogP contribution in [0.4, 0.5) is 5.69 Å². The maximum Gasteiger partial charge on any atom is 0.272 e. The second-order valence-corrected chi connectivity index (χ2v) is 11.6. The van der Waals surface area contributed by atoms with E-state index in [0.717, 1.165) is 21.2 Å². The van der Waals surface area contributed by atoms with Crippen LogP contribution in [0.15, 0.2) is 132 Å². The van der Waals surface area contributed by atoms with Crippen molar-refractivity contribution in [3.63, 3.8) is 0 Å². The van der Waals surface area contributed by atoms with Crippen LogP contribution in [0.1, 0.15) is 43.1 Å². The van der Waals surface area contributed by atoms with E-state index in [0.29, 0.717) is 41.1 Å². The van der Waals surface area contributed by atoms with Crippen molar-refractivity contribution in [2.45, 2.75) is 11.3 Å². The van der Waals surface area contributed by atoms with Crippen LogP contribution in [0.3, 0.4) is 0 Å². The number of hydrogen-bond donors (Lipinski definition) is 2. The summed E-state index contributed by atoms with van der Waals surface area (Å²) in [6.45, 7) is 0.333. The Morgan fingerprint density at radius 3 is 2.18 bits per heavy atom. The van der Waals surface area contributed by atoms with Gasteiger partial charge in [-0.1, -0.05) is 78.9 Å². The van der Waals surface area contributed by atoms with Crippen molar-refractivity contribution in [1.82, 2.24) is 10.2 Å². The van der Waals surface area contributed by atoms with E-state index in [1.165, 1.54) is 4.90 Å². The Hall–Kier alpha value is -5.47. The Kier molecular flexibility index (Phi) is 8.84. The minimum Gasteiger partial charge on any atom is -0.321 e. The minimum absolute atomic E-state index is 0.110. The molecule has 5 aromatic rings. The van der Waals surface area contributed by atoms with Gasteiger partial charge < -0.3 is 10.6 Å². The number of anilines is 1. The van der Waals surface area contributed by atoms with E-state index in [-0.39, 0.29) is 23.4 Å². The molecule has 0 saturated carbocycles. The van der Waals surface area contributed by atoms with Crippen molar-refractivity contribution >= 4 is 57.9 Å². The number of carbonyl (C=O) groups excluding carboxylic acids is 4. The second kappa shape index (κ2) is 13.4. The molecule has 0 saturated heterocycles. The number of hydrogen-bond acceptors (Lipinski definition) is 5. The van der Waals surface area contributed by atoms with Crippen LogP contribution in [0.5, 0.6) is 0 Å². The van der Waals surface area contributed by atoms with Crippen molar-refractivity contribution in [2.24, 2.45) is 0 Å². The molecular weight excluding hydrogens is 582 g/mol. The van der Waals surface area contributed by atoms with E-state index in [1.54, 1.807) is 72.4 Å². The zero-order valence-electron chi connectivity index (χ0n) is 24.2. The summed E-state index contributed by atoms with van der Waals surface area (Å²) in [5.41, 5.74) is 2.82. The molecule has 0 spiro atoms. The molecule has 1 aliphatic rings. The lowest BCUT2D eigenvalue weighted by Gasteiger charge is -2.14. The number of thioether (sulfide) groups is 1. The van der Waals surface area contributed by atoms with Gasteiger partial charge in [-0.2, -0.15) is 0 Å². The third kappa shape index (κ3) is 6.71. The highest BCUT2D eigenvalue weighted by Gasteiger charge is 2.34. The summed E-state index contributed by atoms with van der Waals surface area (Å²) in [7, 11) is 0. The summed E-state index contributed by atoms with van der Waals surface area (Å²) < 4.78 is 0. The average molecular weight is 612 g/mol. The van der Waals surface area contributed by atoms with Gasteiger partial charge in [-0.15, -0.1) is 11.8 Å². The van der Waals surface area contributed by atoms with E-state index in [4.69, 9.17) is 0 Å². The molecule has 0 fully saturated rings. The van der Waals surface area contributed by atoms with Crippen LogP contribution in [0.2, 0.25) is 0 Å². The van der Waals surface area contributed by atoms with Crippen molar-refractivity contribution < 1.29 is 19.2 Å². The van der Waals surface area contributed by atoms with Crippen LogP contribution in [-0.4, -0.2) is 40.8 Å². The van der Waals surface area contributed by atoms with E-state index in [2.05, 4.69) is 10.6 Å². The van der Waals surface area contributed by atoms with Crippen molar-refractivity contribution in [1.29, 1.82) is 0 Å². The van der Waals surface area contributed by atoms with E-state index >= 15 is 0 Å². The van der Waals surface area contributed by atoms with Gasteiger partial charge in [-0.3, -0.25) is 24.1 Å². The number of nitrogens with one attached hydrogen (secondary N) is 2. The van der Waals surface area contributed by atoms with Crippen LogP contribution in [0.25, 0.3) is 16.8 Å². The monoisotopic (exact) mass is 611 g/mol. The molecule has 222 valence electrons. The molecule has 0 bridgehead atoms. The number of amides is 4. The van der Waals surface area contributed by atoms with Crippen LogP contribution in [-0.2, 0) is 4.79 Å². The van der Waals surface area contributed by atoms with Gasteiger partial charge in [0.1, 0.15) is 5.70 Å². The predicted molar refractivity (Wildman–Crippen MR) is 178 cm³/mol. The number of imide groups is 1. The lowest BCUT2D eigenvalue weighted by atomic mass is 10.0. The number of rotatable bonds is 10. The average Bonchev–Trinajstić information content (AvgIpc) is 3.32. The number of nitrogens with zero attached hydrogens (tertiary/aromatic N) is 1. The van der Waals surface area contributed by atoms with Crippen molar-refractivity contribution in [2.75, 3.05) is 17.6 Å². The first-order chi connectivity index (χ1) is 22.0. The van der Waals surface area contributed by atoms with Crippen LogP contribution < -0.4 is 10.6 Å². The number of benzene rings is 5. The standard InChI is InChI=1S/C37H29N3O4S/c41-34(26-12-2-1-3-13-26)39-33(23-27-15-8-14-25-11-4-5-18-30(25)27)35(42)38-28-16-9-17-29(24-28)45-22-10-21-40-36(43)31-19-6-7-20-32(31)37(40)44/h1-9,11-20,23-24H,10,21-22H2,(H,38,42)(H,39,41)/b33-23-. The van der Waals surface area contributed by atoms with Gasteiger partial charge in [-0.25, -0.2) is 0 Å². The third-order valence-electron chi connectivity index (χ3n) is 7.42. The predicted octanol–water partition coefficient (Wildman–Crippen LogP) is 7.03. The first kappa shape index (κ1) is 29.6. The van der Waals surface area contributed by atoms with Gasteiger partial charge in [0.15, 0.2) is 0 Å². The molecule has 8 heteroatoms. The fraction of sp³-hybridized carbons (Fsp3) is 0.0811. The van der Waals surface area contributed by atoms with Gasteiger partial charge in [0.25, 0.3) is 23.6 Å². The number of carbonyl (C=O) groups is 4. The SMILES string of the molecule is O=C(Nc1cccc(SCCCN2C(=O)c3ccccc3C2=O)c1)/C(=C/c1cccc2ccccc12)NC(=O)c1ccccc1. The Labute approximate surface area is 265 Å². The van der Waals surface area contributed by atoms with Crippen LogP contribution in [0, 0.1) is 0 Å². The van der Waals surface area contributed by atoms with E-state index in [9.17, 15) is 19.2 Å². The van der Waals surface area contributed by atoms with Gasteiger partial charge in [0.05, 0.1) is 11.1 Å². The highest BCUT2D eigenvalue weighted by molar-refractivity contribution is 7.99. The maximum atomic E-state index is 13.6. The van der Waals surface area contributed by atoms with Gasteiger partial charge in [-0.05, 0) is 77.1 Å². The molecule has 4 amide bonds. The summed E-state index contributed by atoms with van der Waals surface area (Å²) in [5.74, 6) is -0.682. The Morgan fingerprint density at radius 1 is 0.733 bits per heavy atom. The molecule has 0 unspecified atom stereocenters. The van der Waals surface area contributed by atoms with Gasteiger partial charge in [0, 0.05) is 22.7 Å². The quantitative estimate of drug-likeness (QED) is 0.0766. The maximum absolute atomic E-state index is 13.6. The molecule has 0 aliphatic carbocycles. The Bertz CT molecular complexity index is 1910. The fourth-order valence-electron chi connectivity index (χ4n) is 5.19. The molecule has 0 atom stereocenters. The molecule has 6 rings (SSSR count). The first-order valence-corrected chi connectivity index (χ1v) is 15.5. The highest BCUT2D eigenvalue weighted by atomic mass is 32.2. The summed E-state index contributed by atoms with van der Waals surface area (Å²) in [6.07, 6.45) is 2.31. The van der Waals surface area contributed by atoms with Gasteiger partial charge >= 0.3 is 0 Å². The molecule has 7 nitrogen and oxygen atoms in total. The summed E-state index contributed by atoms with van der Waals surface area (Å²) in [4.78, 5) is 54.2. The lowest BCUT2D eigenvalue weighted by Crippen LogP contribution is -2.31. The molecule has 1 aliphatic heterocycles. The van der Waals surface area contributed by atoms with E-state index in [1.807, 2.05) is 66.7 Å². The summed E-state index contributed by atoms with van der Waals surface area (Å²) in [5, 5.41) is 7.72. The van der Waals surface area contributed by atoms with E-state index < -0.39 is 5.91 Å². The Morgan fingerprint density at radius 2 is 1.40 bits per heavy atom. The lowest BCUT2D eigenvalue weighted by molar-refractivity contribution is -0.113. The van der Waals surface area contributed by atoms with Crippen LogP contribution >= 0.6 is 11.8 Å². The normalized spacial score (nSPS) is 12.7. The number of fused-ring (bicyclic) bond motifs is 2. The minimum atomic E-state index is -0.458. The molecule has 5 aromatic carbocycles.